The number of rotatable bonds is 2. The Morgan fingerprint density at radius 2 is 1.88 bits per heavy atom. The van der Waals surface area contributed by atoms with E-state index in [1.54, 1.807) is 6.07 Å². The molecule has 0 aliphatic carbocycles. The molecular formula is C14H17NO2. The zero-order chi connectivity index (χ0) is 12.6. The van der Waals surface area contributed by atoms with Gasteiger partial charge in [0.05, 0.1) is 5.41 Å². The molecule has 0 fully saturated rings. The van der Waals surface area contributed by atoms with Crippen molar-refractivity contribution in [2.75, 3.05) is 0 Å². The second-order valence-electron chi connectivity index (χ2n) is 5.26. The summed E-state index contributed by atoms with van der Waals surface area (Å²) in [6.07, 6.45) is 0.739. The molecule has 1 aliphatic rings. The van der Waals surface area contributed by atoms with Crippen LogP contribution < -0.4 is 5.32 Å². The summed E-state index contributed by atoms with van der Waals surface area (Å²) in [5, 5.41) is 2.45. The van der Waals surface area contributed by atoms with Gasteiger partial charge in [-0.2, -0.15) is 0 Å². The minimum atomic E-state index is -0.599. The smallest absolute Gasteiger partial charge is 0.258 e. The molecule has 3 nitrogen and oxygen atoms in total. The third-order valence-corrected chi connectivity index (χ3v) is 3.31. The Bertz CT molecular complexity index is 479. The zero-order valence-electron chi connectivity index (χ0n) is 10.4. The van der Waals surface area contributed by atoms with Crippen molar-refractivity contribution < 1.29 is 9.59 Å². The number of amides is 2. The van der Waals surface area contributed by atoms with Gasteiger partial charge in [0, 0.05) is 5.56 Å². The van der Waals surface area contributed by atoms with Crippen LogP contribution in [0.3, 0.4) is 0 Å². The largest absolute Gasteiger partial charge is 0.292 e. The minimum absolute atomic E-state index is 0.185. The van der Waals surface area contributed by atoms with Crippen LogP contribution in [0.25, 0.3) is 0 Å². The lowest BCUT2D eigenvalue weighted by Crippen LogP contribution is -2.51. The molecule has 0 spiro atoms. The Kier molecular flexibility index (Phi) is 2.77. The molecule has 3 heteroatoms. The van der Waals surface area contributed by atoms with Gasteiger partial charge in [-0.1, -0.05) is 32.0 Å². The lowest BCUT2D eigenvalue weighted by atomic mass is 9.71. The molecule has 0 unspecified atom stereocenters. The topological polar surface area (TPSA) is 46.2 Å². The molecule has 1 aliphatic heterocycles. The number of hydrogen-bond acceptors (Lipinski definition) is 2. The van der Waals surface area contributed by atoms with Gasteiger partial charge in [0.2, 0.25) is 5.91 Å². The Labute approximate surface area is 101 Å². The number of carbonyl (C=O) groups is 2. The Hall–Kier alpha value is -1.64. The quantitative estimate of drug-likeness (QED) is 0.793. The van der Waals surface area contributed by atoms with Crippen molar-refractivity contribution in [1.29, 1.82) is 0 Å². The molecule has 0 bridgehead atoms. The van der Waals surface area contributed by atoms with Gasteiger partial charge in [-0.15, -0.1) is 0 Å². The molecule has 2 rings (SSSR count). The maximum absolute atomic E-state index is 12.1. The van der Waals surface area contributed by atoms with Gasteiger partial charge in [0.15, 0.2) is 0 Å². The van der Waals surface area contributed by atoms with Crippen LogP contribution in [0.2, 0.25) is 0 Å². The van der Waals surface area contributed by atoms with Gasteiger partial charge >= 0.3 is 0 Å². The molecule has 0 aromatic heterocycles. The Balaban J connectivity index is 2.56. The lowest BCUT2D eigenvalue weighted by molar-refractivity contribution is -0.126. The second kappa shape index (κ2) is 3.99. The first-order chi connectivity index (χ1) is 7.95. The number of benzene rings is 1. The van der Waals surface area contributed by atoms with Gasteiger partial charge < -0.3 is 0 Å². The molecule has 1 heterocycles. The van der Waals surface area contributed by atoms with E-state index >= 15 is 0 Å². The van der Waals surface area contributed by atoms with Crippen molar-refractivity contribution in [3.63, 3.8) is 0 Å². The Morgan fingerprint density at radius 1 is 1.24 bits per heavy atom. The van der Waals surface area contributed by atoms with E-state index in [1.165, 1.54) is 0 Å². The molecule has 90 valence electrons. The summed E-state index contributed by atoms with van der Waals surface area (Å²) < 4.78 is 0. The van der Waals surface area contributed by atoms with Gasteiger partial charge in [-0.05, 0) is 30.9 Å². The van der Waals surface area contributed by atoms with Crippen molar-refractivity contribution in [2.24, 2.45) is 5.92 Å². The predicted octanol–water partition coefficient (Wildman–Crippen LogP) is 2.26. The van der Waals surface area contributed by atoms with Crippen LogP contribution >= 0.6 is 0 Å². The summed E-state index contributed by atoms with van der Waals surface area (Å²) in [5.41, 5.74) is 0.872. The highest BCUT2D eigenvalue weighted by atomic mass is 16.2. The van der Waals surface area contributed by atoms with Crippen LogP contribution in [-0.2, 0) is 10.2 Å². The second-order valence-corrected chi connectivity index (χ2v) is 5.26. The first-order valence-electron chi connectivity index (χ1n) is 5.90. The summed E-state index contributed by atoms with van der Waals surface area (Å²) in [6, 6.07) is 7.36. The van der Waals surface area contributed by atoms with Crippen molar-refractivity contribution >= 4 is 11.8 Å². The molecule has 0 radical (unpaired) electrons. The average Bonchev–Trinajstić information content (AvgIpc) is 2.26. The van der Waals surface area contributed by atoms with E-state index in [0.29, 0.717) is 11.5 Å². The molecule has 0 saturated heterocycles. The van der Waals surface area contributed by atoms with Gasteiger partial charge in [-0.25, -0.2) is 0 Å². The molecule has 1 N–H and O–H groups in total. The number of carbonyl (C=O) groups excluding carboxylic acids is 2. The average molecular weight is 231 g/mol. The van der Waals surface area contributed by atoms with E-state index < -0.39 is 5.41 Å². The van der Waals surface area contributed by atoms with Crippen LogP contribution in [0.1, 0.15) is 43.1 Å². The maximum atomic E-state index is 12.1. The SMILES string of the molecule is CC(C)C[C@]1(C)C(=O)NC(=O)c2ccccc21. The lowest BCUT2D eigenvalue weighted by Gasteiger charge is -2.35. The van der Waals surface area contributed by atoms with E-state index in [4.69, 9.17) is 0 Å². The van der Waals surface area contributed by atoms with E-state index in [1.807, 2.05) is 25.1 Å². The van der Waals surface area contributed by atoms with Gasteiger partial charge in [-0.3, -0.25) is 14.9 Å². The fraction of sp³-hybridized carbons (Fsp3) is 0.429. The summed E-state index contributed by atoms with van der Waals surface area (Å²) in [7, 11) is 0. The van der Waals surface area contributed by atoms with Crippen molar-refractivity contribution in [1.82, 2.24) is 5.32 Å². The molecule has 17 heavy (non-hydrogen) atoms. The van der Waals surface area contributed by atoms with Crippen LogP contribution in [0.15, 0.2) is 24.3 Å². The normalized spacial score (nSPS) is 23.5. The summed E-state index contributed by atoms with van der Waals surface area (Å²) in [4.78, 5) is 23.8. The van der Waals surface area contributed by atoms with E-state index in [-0.39, 0.29) is 11.8 Å². The third kappa shape index (κ3) is 1.86. The Morgan fingerprint density at radius 3 is 2.53 bits per heavy atom. The summed E-state index contributed by atoms with van der Waals surface area (Å²) >= 11 is 0. The number of imide groups is 1. The van der Waals surface area contributed by atoms with Crippen LogP contribution in [0.5, 0.6) is 0 Å². The van der Waals surface area contributed by atoms with Crippen molar-refractivity contribution in [3.05, 3.63) is 35.4 Å². The van der Waals surface area contributed by atoms with Gasteiger partial charge in [0.25, 0.3) is 5.91 Å². The first kappa shape index (κ1) is 11.8. The molecule has 0 saturated carbocycles. The first-order valence-corrected chi connectivity index (χ1v) is 5.90. The monoisotopic (exact) mass is 231 g/mol. The highest BCUT2D eigenvalue weighted by Gasteiger charge is 2.42. The van der Waals surface area contributed by atoms with Gasteiger partial charge in [0.1, 0.15) is 0 Å². The van der Waals surface area contributed by atoms with E-state index in [0.717, 1.165) is 12.0 Å². The van der Waals surface area contributed by atoms with Crippen molar-refractivity contribution in [3.8, 4) is 0 Å². The standard InChI is InChI=1S/C14H17NO2/c1-9(2)8-14(3)11-7-5-4-6-10(11)12(16)15-13(14)17/h4-7,9H,8H2,1-3H3,(H,15,16,17)/t14-/m0/s1. The number of fused-ring (bicyclic) bond motifs is 1. The third-order valence-electron chi connectivity index (χ3n) is 3.31. The highest BCUT2D eigenvalue weighted by Crippen LogP contribution is 2.36. The molecule has 1 atom stereocenters. The summed E-state index contributed by atoms with van der Waals surface area (Å²) in [6.45, 7) is 6.07. The maximum Gasteiger partial charge on any atom is 0.258 e. The predicted molar refractivity (Wildman–Crippen MR) is 65.7 cm³/mol. The fourth-order valence-electron chi connectivity index (χ4n) is 2.61. The van der Waals surface area contributed by atoms with Crippen molar-refractivity contribution in [2.45, 2.75) is 32.6 Å². The molecular weight excluding hydrogens is 214 g/mol. The van der Waals surface area contributed by atoms with Crippen LogP contribution in [0, 0.1) is 5.92 Å². The van der Waals surface area contributed by atoms with Crippen LogP contribution in [0.4, 0.5) is 0 Å². The summed E-state index contributed by atoms with van der Waals surface area (Å²) in [5.74, 6) is -0.0752. The zero-order valence-corrected chi connectivity index (χ0v) is 10.4. The number of nitrogens with one attached hydrogen (secondary N) is 1. The minimum Gasteiger partial charge on any atom is -0.292 e. The molecule has 1 aromatic rings. The van der Waals surface area contributed by atoms with E-state index in [2.05, 4.69) is 19.2 Å². The van der Waals surface area contributed by atoms with E-state index in [9.17, 15) is 9.59 Å². The van der Waals surface area contributed by atoms with Crippen LogP contribution in [-0.4, -0.2) is 11.8 Å². The number of hydrogen-bond donors (Lipinski definition) is 1. The highest BCUT2D eigenvalue weighted by molar-refractivity contribution is 6.13. The molecule has 1 aromatic carbocycles. The fourth-order valence-corrected chi connectivity index (χ4v) is 2.61. The molecule has 2 amide bonds.